The van der Waals surface area contributed by atoms with Crippen LogP contribution in [-0.4, -0.2) is 37.0 Å². The second-order valence-corrected chi connectivity index (χ2v) is 6.08. The molecule has 1 aromatic carbocycles. The molecule has 2 fully saturated rings. The van der Waals surface area contributed by atoms with Gasteiger partial charge in [0.25, 0.3) is 0 Å². The lowest BCUT2D eigenvalue weighted by Crippen LogP contribution is -2.44. The van der Waals surface area contributed by atoms with Gasteiger partial charge in [0, 0.05) is 19.6 Å². The first-order chi connectivity index (χ1) is 9.69. The Labute approximate surface area is 131 Å². The van der Waals surface area contributed by atoms with E-state index in [1.165, 1.54) is 12.5 Å². The molecule has 0 unspecified atom stereocenters. The van der Waals surface area contributed by atoms with Gasteiger partial charge in [-0.25, -0.2) is 4.39 Å². The van der Waals surface area contributed by atoms with Crippen LogP contribution in [0.25, 0.3) is 0 Å². The van der Waals surface area contributed by atoms with Crippen LogP contribution in [0.15, 0.2) is 24.3 Å². The molecule has 3 nitrogen and oxygen atoms in total. The molecule has 2 heterocycles. The zero-order valence-corrected chi connectivity index (χ0v) is 12.9. The molecule has 2 saturated heterocycles. The van der Waals surface area contributed by atoms with Crippen molar-refractivity contribution >= 4 is 18.3 Å². The van der Waals surface area contributed by atoms with Crippen molar-refractivity contribution in [2.24, 2.45) is 5.41 Å². The largest absolute Gasteiger partial charge is 0.342 e. The lowest BCUT2D eigenvalue weighted by molar-refractivity contribution is -0.132. The van der Waals surface area contributed by atoms with Gasteiger partial charge in [-0.2, -0.15) is 0 Å². The molecule has 1 amide bonds. The number of carbonyl (C=O) groups is 1. The van der Waals surface area contributed by atoms with E-state index in [0.717, 1.165) is 39.0 Å². The van der Waals surface area contributed by atoms with Gasteiger partial charge in [0.1, 0.15) is 5.82 Å². The Hall–Kier alpha value is -1.13. The van der Waals surface area contributed by atoms with Gasteiger partial charge in [-0.1, -0.05) is 18.2 Å². The van der Waals surface area contributed by atoms with Gasteiger partial charge in [0.15, 0.2) is 0 Å². The first-order valence-electron chi connectivity index (χ1n) is 7.40. The Bertz CT molecular complexity index is 493. The lowest BCUT2D eigenvalue weighted by Gasteiger charge is -2.39. The fourth-order valence-corrected chi connectivity index (χ4v) is 3.37. The molecule has 0 aliphatic carbocycles. The van der Waals surface area contributed by atoms with Gasteiger partial charge in [0.05, 0.1) is 6.42 Å². The van der Waals surface area contributed by atoms with Crippen molar-refractivity contribution in [1.82, 2.24) is 10.2 Å². The summed E-state index contributed by atoms with van der Waals surface area (Å²) in [4.78, 5) is 14.2. The normalized spacial score (nSPS) is 20.3. The number of halogens is 2. The summed E-state index contributed by atoms with van der Waals surface area (Å²) in [7, 11) is 0. The summed E-state index contributed by atoms with van der Waals surface area (Å²) in [5.74, 6) is -0.231. The number of hydrogen-bond donors (Lipinski definition) is 1. The van der Waals surface area contributed by atoms with Crippen molar-refractivity contribution in [1.29, 1.82) is 0 Å². The van der Waals surface area contributed by atoms with E-state index in [1.54, 1.807) is 18.2 Å². The predicted octanol–water partition coefficient (Wildman–Crippen LogP) is 2.39. The summed E-state index contributed by atoms with van der Waals surface area (Å²) in [6, 6.07) is 6.54. The standard InChI is InChI=1S/C16H21FN2O.ClH/c17-14-4-2-1-3-13(14)11-15(20)19-9-6-16(7-10-19)5-8-18-12-16;/h1-4,18H,5-12H2;1H. The van der Waals surface area contributed by atoms with Crippen molar-refractivity contribution in [2.45, 2.75) is 25.7 Å². The van der Waals surface area contributed by atoms with E-state index in [-0.39, 0.29) is 30.6 Å². The summed E-state index contributed by atoms with van der Waals surface area (Å²) in [6.45, 7) is 3.81. The van der Waals surface area contributed by atoms with Gasteiger partial charge in [-0.05, 0) is 42.9 Å². The Kier molecular flexibility index (Phi) is 5.22. The molecule has 1 N–H and O–H groups in total. The number of rotatable bonds is 2. The van der Waals surface area contributed by atoms with Gasteiger partial charge in [-0.3, -0.25) is 4.79 Å². The van der Waals surface area contributed by atoms with E-state index in [1.807, 2.05) is 4.90 Å². The zero-order valence-electron chi connectivity index (χ0n) is 12.1. The quantitative estimate of drug-likeness (QED) is 0.909. The van der Waals surface area contributed by atoms with Gasteiger partial charge < -0.3 is 10.2 Å². The molecule has 0 aromatic heterocycles. The van der Waals surface area contributed by atoms with Crippen molar-refractivity contribution in [3.8, 4) is 0 Å². The van der Waals surface area contributed by atoms with Crippen LogP contribution < -0.4 is 5.32 Å². The fourth-order valence-electron chi connectivity index (χ4n) is 3.37. The molecule has 0 bridgehead atoms. The van der Waals surface area contributed by atoms with Crippen molar-refractivity contribution in [2.75, 3.05) is 26.2 Å². The van der Waals surface area contributed by atoms with Gasteiger partial charge >= 0.3 is 0 Å². The fraction of sp³-hybridized carbons (Fsp3) is 0.562. The Morgan fingerprint density at radius 2 is 1.95 bits per heavy atom. The number of benzene rings is 1. The number of amides is 1. The second kappa shape index (κ2) is 6.75. The smallest absolute Gasteiger partial charge is 0.227 e. The molecule has 2 aliphatic heterocycles. The number of piperidine rings is 1. The number of hydrogen-bond acceptors (Lipinski definition) is 2. The molecule has 1 spiro atoms. The molecule has 1 aromatic rings. The van der Waals surface area contributed by atoms with Crippen molar-refractivity contribution < 1.29 is 9.18 Å². The summed E-state index contributed by atoms with van der Waals surface area (Å²) in [6.07, 6.45) is 3.55. The predicted molar refractivity (Wildman–Crippen MR) is 83.1 cm³/mol. The molecule has 116 valence electrons. The molecule has 3 rings (SSSR count). The van der Waals surface area contributed by atoms with Crippen molar-refractivity contribution in [3.63, 3.8) is 0 Å². The molecular formula is C16H22ClFN2O. The minimum atomic E-state index is -0.283. The van der Waals surface area contributed by atoms with Crippen LogP contribution in [0, 0.1) is 11.2 Å². The molecule has 21 heavy (non-hydrogen) atoms. The maximum absolute atomic E-state index is 13.6. The molecule has 2 aliphatic rings. The Morgan fingerprint density at radius 3 is 2.57 bits per heavy atom. The SMILES string of the molecule is Cl.O=C(Cc1ccccc1F)N1CCC2(CCNC2)CC1. The summed E-state index contributed by atoms with van der Waals surface area (Å²) in [5, 5.41) is 3.42. The second-order valence-electron chi connectivity index (χ2n) is 6.08. The van der Waals surface area contributed by atoms with E-state index >= 15 is 0 Å². The van der Waals surface area contributed by atoms with E-state index < -0.39 is 0 Å². The summed E-state index contributed by atoms with van der Waals surface area (Å²) < 4.78 is 13.6. The minimum Gasteiger partial charge on any atom is -0.342 e. The van der Waals surface area contributed by atoms with Crippen LogP contribution in [-0.2, 0) is 11.2 Å². The summed E-state index contributed by atoms with van der Waals surface area (Å²) >= 11 is 0. The Morgan fingerprint density at radius 1 is 1.24 bits per heavy atom. The van der Waals surface area contributed by atoms with Crippen LogP contribution in [0.1, 0.15) is 24.8 Å². The highest BCUT2D eigenvalue weighted by Crippen LogP contribution is 2.36. The molecule has 5 heteroatoms. The van der Waals surface area contributed by atoms with Crippen LogP contribution in [0.3, 0.4) is 0 Å². The van der Waals surface area contributed by atoms with Gasteiger partial charge in [0.2, 0.25) is 5.91 Å². The minimum absolute atomic E-state index is 0. The molecule has 0 saturated carbocycles. The third-order valence-corrected chi connectivity index (χ3v) is 4.81. The third-order valence-electron chi connectivity index (χ3n) is 4.81. The Balaban J connectivity index is 0.00000161. The molecular weight excluding hydrogens is 291 g/mol. The molecule has 0 atom stereocenters. The first-order valence-corrected chi connectivity index (χ1v) is 7.40. The average molecular weight is 313 g/mol. The van der Waals surface area contributed by atoms with E-state index in [4.69, 9.17) is 0 Å². The number of nitrogens with one attached hydrogen (secondary N) is 1. The highest BCUT2D eigenvalue weighted by atomic mass is 35.5. The summed E-state index contributed by atoms with van der Waals surface area (Å²) in [5.41, 5.74) is 0.912. The van der Waals surface area contributed by atoms with Gasteiger partial charge in [-0.15, -0.1) is 12.4 Å². The number of carbonyl (C=O) groups excluding carboxylic acids is 1. The number of nitrogens with zero attached hydrogens (tertiary/aromatic N) is 1. The topological polar surface area (TPSA) is 32.3 Å². The van der Waals surface area contributed by atoms with Crippen LogP contribution in [0.2, 0.25) is 0 Å². The highest BCUT2D eigenvalue weighted by molar-refractivity contribution is 5.85. The van der Waals surface area contributed by atoms with Crippen molar-refractivity contribution in [3.05, 3.63) is 35.6 Å². The average Bonchev–Trinajstić information content (AvgIpc) is 2.90. The monoisotopic (exact) mass is 312 g/mol. The molecule has 0 radical (unpaired) electrons. The number of likely N-dealkylation sites (tertiary alicyclic amines) is 1. The van der Waals surface area contributed by atoms with E-state index in [0.29, 0.717) is 11.0 Å². The van der Waals surface area contributed by atoms with Crippen LogP contribution in [0.4, 0.5) is 4.39 Å². The van der Waals surface area contributed by atoms with Crippen LogP contribution in [0.5, 0.6) is 0 Å². The highest BCUT2D eigenvalue weighted by Gasteiger charge is 2.37. The maximum atomic E-state index is 13.6. The third kappa shape index (κ3) is 3.55. The van der Waals surface area contributed by atoms with Crippen LogP contribution >= 0.6 is 12.4 Å². The van der Waals surface area contributed by atoms with E-state index in [2.05, 4.69) is 5.32 Å². The zero-order chi connectivity index (χ0) is 14.0. The van der Waals surface area contributed by atoms with E-state index in [9.17, 15) is 9.18 Å². The maximum Gasteiger partial charge on any atom is 0.227 e. The first kappa shape index (κ1) is 16.2. The lowest BCUT2D eigenvalue weighted by atomic mass is 9.78.